The maximum absolute atomic E-state index is 12.6. The van der Waals surface area contributed by atoms with Gasteiger partial charge in [0.1, 0.15) is 18.1 Å². The molecule has 2 N–H and O–H groups in total. The second-order valence-corrected chi connectivity index (χ2v) is 11.6. The molecule has 3 aromatic rings. The number of methoxy groups -OCH3 is 1. The lowest BCUT2D eigenvalue weighted by Gasteiger charge is -2.37. The summed E-state index contributed by atoms with van der Waals surface area (Å²) in [5.74, 6) is 0.756. The Labute approximate surface area is 230 Å². The van der Waals surface area contributed by atoms with Crippen LogP contribution in [0.5, 0.6) is 5.75 Å². The van der Waals surface area contributed by atoms with E-state index in [1.54, 1.807) is 14.0 Å². The van der Waals surface area contributed by atoms with Crippen LogP contribution in [0.4, 0.5) is 0 Å². The highest BCUT2D eigenvalue weighted by atomic mass is 31.2. The number of hydrogen-bond donors (Lipinski definition) is 2. The Morgan fingerprint density at radius 3 is 2.64 bits per heavy atom. The van der Waals surface area contributed by atoms with E-state index in [-0.39, 0.29) is 25.3 Å². The molecule has 0 spiro atoms. The highest BCUT2D eigenvalue weighted by Crippen LogP contribution is 2.50. The lowest BCUT2D eigenvalue weighted by atomic mass is 10.1. The van der Waals surface area contributed by atoms with Crippen LogP contribution >= 0.6 is 8.53 Å². The molecule has 1 aromatic heterocycles. The number of hydrogen-bond acceptors (Lipinski definition) is 8. The third kappa shape index (κ3) is 6.43. The van der Waals surface area contributed by atoms with Crippen LogP contribution in [0.3, 0.4) is 0 Å². The molecule has 10 nitrogen and oxygen atoms in total. The van der Waals surface area contributed by atoms with Gasteiger partial charge in [0, 0.05) is 41.2 Å². The fraction of sp³-hybridized carbons (Fsp3) is 0.500. The average Bonchev–Trinajstić information content (AvgIpc) is 3.30. The monoisotopic (exact) mass is 560 g/mol. The number of aryl methyl sites for hydroxylation is 1. The van der Waals surface area contributed by atoms with E-state index in [0.717, 1.165) is 22.1 Å². The van der Waals surface area contributed by atoms with Crippen molar-refractivity contribution < 1.29 is 23.6 Å². The van der Waals surface area contributed by atoms with E-state index in [1.807, 2.05) is 36.4 Å². The summed E-state index contributed by atoms with van der Waals surface area (Å²) < 4.78 is 35.9. The molecule has 1 fully saturated rings. The summed E-state index contributed by atoms with van der Waals surface area (Å²) in [7, 11) is 0.0470. The van der Waals surface area contributed by atoms with E-state index < -0.39 is 38.2 Å². The second-order valence-electron chi connectivity index (χ2n) is 10.2. The van der Waals surface area contributed by atoms with Gasteiger partial charge < -0.3 is 23.6 Å². The molecule has 39 heavy (non-hydrogen) atoms. The molecular formula is C28H38N3O7P. The van der Waals surface area contributed by atoms with Gasteiger partial charge in [-0.3, -0.25) is 14.3 Å². The van der Waals surface area contributed by atoms with Crippen LogP contribution in [0.25, 0.3) is 10.8 Å². The Bertz CT molecular complexity index is 1400. The Morgan fingerprint density at radius 2 is 1.95 bits per heavy atom. The molecule has 212 valence electrons. The number of aromatic nitrogens is 2. The lowest BCUT2D eigenvalue weighted by Crippen LogP contribution is -2.36. The Balaban J connectivity index is 1.61. The third-order valence-corrected chi connectivity index (χ3v) is 8.87. The summed E-state index contributed by atoms with van der Waals surface area (Å²) >= 11 is 0. The quantitative estimate of drug-likeness (QED) is 0.316. The van der Waals surface area contributed by atoms with Gasteiger partial charge in [-0.25, -0.2) is 9.46 Å². The number of nitrogens with zero attached hydrogens (tertiary/aromatic N) is 2. The van der Waals surface area contributed by atoms with Gasteiger partial charge in [-0.15, -0.1) is 0 Å². The standard InChI is InChI=1S/C28H38N3O7P/c1-17(2)31(18(3)4)39(36-16-21-12-11-20-9-7-8-10-22(20)26(21)35-6)38-23-13-25(37-24(23)15-32)30-14-19(5)27(33)29-28(30)34/h7-12,14,17-18,23-25,32H,13,15-16H2,1-6H3,(H,29,33,34)/t23?,24-,25-,39?/m1/s1/i32D. The summed E-state index contributed by atoms with van der Waals surface area (Å²) in [6.45, 7) is 10.2. The third-order valence-electron chi connectivity index (χ3n) is 6.77. The Morgan fingerprint density at radius 1 is 1.21 bits per heavy atom. The van der Waals surface area contributed by atoms with Gasteiger partial charge in [-0.05, 0) is 40.0 Å². The van der Waals surface area contributed by atoms with E-state index in [4.69, 9.17) is 20.0 Å². The molecular weight excluding hydrogens is 521 g/mol. The van der Waals surface area contributed by atoms with Crippen molar-refractivity contribution in [2.75, 3.05) is 13.7 Å². The summed E-state index contributed by atoms with van der Waals surface area (Å²) in [6.07, 6.45) is -0.0552. The first-order valence-corrected chi connectivity index (χ1v) is 14.3. The van der Waals surface area contributed by atoms with E-state index in [9.17, 15) is 9.59 Å². The lowest BCUT2D eigenvalue weighted by molar-refractivity contribution is -0.0441. The maximum Gasteiger partial charge on any atom is 0.330 e. The number of aliphatic hydroxyl groups excluding tert-OH is 1. The number of H-pyrrole nitrogens is 1. The zero-order valence-corrected chi connectivity index (χ0v) is 24.1. The van der Waals surface area contributed by atoms with Crippen molar-refractivity contribution in [3.05, 3.63) is 74.6 Å². The normalized spacial score (nSPS) is 20.7. The van der Waals surface area contributed by atoms with Crippen molar-refractivity contribution in [1.29, 1.82) is 1.43 Å². The van der Waals surface area contributed by atoms with Crippen molar-refractivity contribution in [2.24, 2.45) is 0 Å². The van der Waals surface area contributed by atoms with Crippen LogP contribution in [0.15, 0.2) is 52.2 Å². The van der Waals surface area contributed by atoms with Gasteiger partial charge in [0.05, 0.1) is 26.4 Å². The number of nitrogens with one attached hydrogen (secondary N) is 1. The fourth-order valence-corrected chi connectivity index (χ4v) is 6.70. The van der Waals surface area contributed by atoms with E-state index in [0.29, 0.717) is 12.0 Å². The molecule has 0 amide bonds. The van der Waals surface area contributed by atoms with Crippen molar-refractivity contribution in [1.82, 2.24) is 14.2 Å². The molecule has 0 saturated carbocycles. The Hall–Kier alpha value is -2.59. The molecule has 1 aliphatic rings. The second kappa shape index (κ2) is 12.7. The predicted molar refractivity (Wildman–Crippen MR) is 151 cm³/mol. The summed E-state index contributed by atoms with van der Waals surface area (Å²) in [5.41, 5.74) is 0.275. The molecule has 2 heterocycles. The first-order chi connectivity index (χ1) is 19.1. The van der Waals surface area contributed by atoms with Crippen molar-refractivity contribution in [2.45, 2.75) is 78.2 Å². The minimum atomic E-state index is -1.61. The van der Waals surface area contributed by atoms with Gasteiger partial charge >= 0.3 is 5.69 Å². The van der Waals surface area contributed by atoms with Crippen LogP contribution in [0.1, 0.15) is 51.5 Å². The molecule has 11 heteroatoms. The van der Waals surface area contributed by atoms with E-state index in [2.05, 4.69) is 42.5 Å². The smallest absolute Gasteiger partial charge is 0.330 e. The number of aromatic amines is 1. The SMILES string of the molecule is [2H]OC[C@H]1O[C@@H](n2cc(C)c(=O)[nH]c2=O)CC1OP(OCc1ccc2ccccc2c1OC)N(C(C)C)C(C)C. The zero-order valence-electron chi connectivity index (χ0n) is 24.2. The molecule has 2 aromatic carbocycles. The van der Waals surface area contributed by atoms with Gasteiger partial charge in [0.25, 0.3) is 14.1 Å². The predicted octanol–water partition coefficient (Wildman–Crippen LogP) is 4.23. The van der Waals surface area contributed by atoms with Crippen molar-refractivity contribution >= 4 is 19.3 Å². The fourth-order valence-electron chi connectivity index (χ4n) is 4.94. The maximum atomic E-state index is 12.6. The van der Waals surface area contributed by atoms with E-state index in [1.165, 1.54) is 10.8 Å². The highest BCUT2D eigenvalue weighted by Gasteiger charge is 2.41. The van der Waals surface area contributed by atoms with Crippen LogP contribution in [0, 0.1) is 6.92 Å². The summed E-state index contributed by atoms with van der Waals surface area (Å²) in [4.78, 5) is 26.8. The van der Waals surface area contributed by atoms with Gasteiger partial charge in [0.15, 0.2) is 0 Å². The largest absolute Gasteiger partial charge is 0.496 e. The number of benzene rings is 2. The molecule has 0 radical (unpaired) electrons. The average molecular weight is 561 g/mol. The van der Waals surface area contributed by atoms with Crippen LogP contribution in [-0.2, 0) is 20.4 Å². The van der Waals surface area contributed by atoms with Crippen LogP contribution in [-0.4, -0.2) is 58.8 Å². The van der Waals surface area contributed by atoms with Crippen LogP contribution in [0.2, 0.25) is 0 Å². The minimum absolute atomic E-state index is 0.0523. The van der Waals surface area contributed by atoms with Gasteiger partial charge in [0.2, 0.25) is 1.43 Å². The van der Waals surface area contributed by atoms with Gasteiger partial charge in [-0.2, -0.15) is 0 Å². The highest BCUT2D eigenvalue weighted by molar-refractivity contribution is 7.44. The van der Waals surface area contributed by atoms with Crippen molar-refractivity contribution in [3.8, 4) is 5.75 Å². The first-order valence-electron chi connectivity index (χ1n) is 13.5. The molecule has 1 aliphatic heterocycles. The molecule has 4 rings (SSSR count). The Kier molecular flexibility index (Phi) is 9.12. The number of aliphatic hydroxyl groups is 1. The summed E-state index contributed by atoms with van der Waals surface area (Å²) in [6, 6.07) is 12.3. The zero-order chi connectivity index (χ0) is 29.0. The topological polar surface area (TPSA) is 115 Å². The van der Waals surface area contributed by atoms with Crippen molar-refractivity contribution in [3.63, 3.8) is 0 Å². The van der Waals surface area contributed by atoms with E-state index >= 15 is 0 Å². The molecule has 0 aliphatic carbocycles. The first kappa shape index (κ1) is 28.0. The number of fused-ring (bicyclic) bond motifs is 1. The van der Waals surface area contributed by atoms with Gasteiger partial charge in [-0.1, -0.05) is 36.4 Å². The molecule has 2 unspecified atom stereocenters. The van der Waals surface area contributed by atoms with Crippen LogP contribution < -0.4 is 16.0 Å². The molecule has 1 saturated heterocycles. The number of rotatable bonds is 12. The molecule has 0 bridgehead atoms. The summed E-state index contributed by atoms with van der Waals surface area (Å²) in [5, 5.41) is 6.77. The molecule has 4 atom stereocenters. The number of ether oxygens (including phenoxy) is 2. The minimum Gasteiger partial charge on any atom is -0.496 e.